The highest BCUT2D eigenvalue weighted by molar-refractivity contribution is 6.22. The average Bonchev–Trinajstić information content (AvgIpc) is 3.49. The Morgan fingerprint density at radius 2 is 0.970 bits per heavy atom. The molecule has 1 nitrogen and oxygen atoms in total. The molecular formula is C32H20O. The lowest BCUT2D eigenvalue weighted by Gasteiger charge is -2.17. The molecule has 0 saturated carbocycles. The highest BCUT2D eigenvalue weighted by atomic mass is 16.3. The Bertz CT molecular complexity index is 2530. The van der Waals surface area contributed by atoms with Crippen LogP contribution in [0.1, 0.15) is 20.6 Å². The first-order chi connectivity index (χ1) is 22.6. The minimum absolute atomic E-state index is 0.0842. The lowest BCUT2D eigenvalue weighted by molar-refractivity contribution is 0.669. The molecule has 1 aromatic heterocycles. The molecule has 0 fully saturated rings. The second-order valence-electron chi connectivity index (χ2n) is 7.38. The number of para-hydroxylation sites is 1. The summed E-state index contributed by atoms with van der Waals surface area (Å²) >= 11 is 0. The van der Waals surface area contributed by atoms with Crippen LogP contribution < -0.4 is 0 Å². The summed E-state index contributed by atoms with van der Waals surface area (Å²) in [6, 6.07) is -0.836. The number of rotatable bonds is 2. The molecule has 154 valence electrons. The van der Waals surface area contributed by atoms with Crippen LogP contribution in [0.5, 0.6) is 0 Å². The summed E-state index contributed by atoms with van der Waals surface area (Å²) in [4.78, 5) is 0. The predicted octanol–water partition coefficient (Wildman–Crippen LogP) is 9.23. The van der Waals surface area contributed by atoms with Crippen LogP contribution in [0.15, 0.2) is 125 Å². The van der Waals surface area contributed by atoms with Gasteiger partial charge in [0.05, 0.1) is 20.6 Å². The summed E-state index contributed by atoms with van der Waals surface area (Å²) in [6.07, 6.45) is 0. The average molecular weight is 436 g/mol. The summed E-state index contributed by atoms with van der Waals surface area (Å²) in [5.74, 6) is 0. The Balaban J connectivity index is 1.85. The van der Waals surface area contributed by atoms with Crippen molar-refractivity contribution >= 4 is 43.5 Å². The fraction of sp³-hybridized carbons (Fsp3) is 0. The van der Waals surface area contributed by atoms with Gasteiger partial charge in [0.25, 0.3) is 0 Å². The lowest BCUT2D eigenvalue weighted by Crippen LogP contribution is -1.90. The largest absolute Gasteiger partial charge is 0.456 e. The SMILES string of the molecule is [2H]c1c([2H])c([2H])c2c(oc3c([2H])c(-c4c5c([2H])c([2H])c([2H])c([2H])c5c(-c5ccccc5)c5c([2H])c([2H])c([2H])c([2H])c45)c([2H])c([2H])c32)c1[2H]. The summed E-state index contributed by atoms with van der Waals surface area (Å²) in [6.45, 7) is 0. The van der Waals surface area contributed by atoms with Crippen LogP contribution in [0.2, 0.25) is 0 Å². The molecule has 0 saturated heterocycles. The van der Waals surface area contributed by atoms with Gasteiger partial charge in [-0.2, -0.15) is 0 Å². The van der Waals surface area contributed by atoms with Crippen LogP contribution in [-0.4, -0.2) is 0 Å². The summed E-state index contributed by atoms with van der Waals surface area (Å²) < 4.78 is 137. The number of furan rings is 1. The Kier molecular flexibility index (Phi) is 1.90. The quantitative estimate of drug-likeness (QED) is 0.247. The highest BCUT2D eigenvalue weighted by Crippen LogP contribution is 2.44. The van der Waals surface area contributed by atoms with E-state index >= 15 is 0 Å². The van der Waals surface area contributed by atoms with Crippen LogP contribution in [0.4, 0.5) is 0 Å². The van der Waals surface area contributed by atoms with Crippen molar-refractivity contribution < 1.29 is 25.0 Å². The molecule has 0 unspecified atom stereocenters. The zero-order valence-corrected chi connectivity index (χ0v) is 16.8. The van der Waals surface area contributed by atoms with Crippen molar-refractivity contribution in [3.05, 3.63) is 121 Å². The zero-order valence-electron chi connectivity index (χ0n) is 31.8. The van der Waals surface area contributed by atoms with Crippen molar-refractivity contribution in [2.45, 2.75) is 0 Å². The van der Waals surface area contributed by atoms with Gasteiger partial charge < -0.3 is 4.42 Å². The third-order valence-electron chi connectivity index (χ3n) is 5.57. The van der Waals surface area contributed by atoms with Gasteiger partial charge in [0.2, 0.25) is 0 Å². The lowest BCUT2D eigenvalue weighted by atomic mass is 9.86. The first-order valence-electron chi connectivity index (χ1n) is 17.6. The predicted molar refractivity (Wildman–Crippen MR) is 140 cm³/mol. The van der Waals surface area contributed by atoms with E-state index in [4.69, 9.17) is 22.2 Å². The molecule has 0 aliphatic heterocycles. The Hall–Kier alpha value is -4.36. The topological polar surface area (TPSA) is 13.1 Å². The molecule has 6 aromatic carbocycles. The van der Waals surface area contributed by atoms with E-state index in [9.17, 15) is 2.74 Å². The molecule has 0 atom stereocenters. The monoisotopic (exact) mass is 435 g/mol. The third kappa shape index (κ3) is 2.73. The molecule has 0 N–H and O–H groups in total. The number of hydrogen-bond donors (Lipinski definition) is 0. The maximum absolute atomic E-state index is 9.31. The summed E-state index contributed by atoms with van der Waals surface area (Å²) in [5.41, 5.74) is -1.05. The normalized spacial score (nSPS) is 18.0. The first kappa shape index (κ1) is 8.88. The fourth-order valence-corrected chi connectivity index (χ4v) is 4.19. The van der Waals surface area contributed by atoms with E-state index in [1.54, 1.807) is 30.3 Å². The smallest absolute Gasteiger partial charge is 0.136 e. The Morgan fingerprint density at radius 3 is 1.61 bits per heavy atom. The van der Waals surface area contributed by atoms with Crippen molar-refractivity contribution in [2.24, 2.45) is 0 Å². The van der Waals surface area contributed by atoms with Gasteiger partial charge in [0.1, 0.15) is 11.2 Å². The van der Waals surface area contributed by atoms with Gasteiger partial charge in [-0.1, -0.05) is 103 Å². The van der Waals surface area contributed by atoms with E-state index in [0.717, 1.165) is 0 Å². The molecule has 0 spiro atoms. The molecule has 0 aliphatic carbocycles. The van der Waals surface area contributed by atoms with E-state index in [1.807, 2.05) is 0 Å². The van der Waals surface area contributed by atoms with Gasteiger partial charge in [0.15, 0.2) is 0 Å². The van der Waals surface area contributed by atoms with Crippen molar-refractivity contribution in [1.82, 2.24) is 0 Å². The molecule has 0 radical (unpaired) electrons. The molecule has 0 amide bonds. The van der Waals surface area contributed by atoms with Crippen LogP contribution in [0, 0.1) is 0 Å². The van der Waals surface area contributed by atoms with Crippen molar-refractivity contribution in [3.63, 3.8) is 0 Å². The molecule has 0 bridgehead atoms. The molecule has 7 aromatic rings. The van der Waals surface area contributed by atoms with E-state index in [-0.39, 0.29) is 49.0 Å². The Labute approximate surface area is 212 Å². The van der Waals surface area contributed by atoms with Crippen molar-refractivity contribution in [3.8, 4) is 22.3 Å². The first-order valence-corrected chi connectivity index (χ1v) is 10.1. The zero-order chi connectivity index (χ0) is 34.8. The molecule has 1 heteroatoms. The van der Waals surface area contributed by atoms with Crippen LogP contribution in [0.3, 0.4) is 0 Å². The second-order valence-corrected chi connectivity index (χ2v) is 7.38. The number of hydrogen-bond acceptors (Lipinski definition) is 1. The molecular weight excluding hydrogens is 400 g/mol. The molecule has 7 rings (SSSR count). The fourth-order valence-electron chi connectivity index (χ4n) is 4.19. The standard InChI is InChI=1S/C32H20O/c1-2-10-21(11-3-1)31-25-13-4-6-15-27(25)32(28-16-7-5-14-26(28)31)22-18-19-24-23-12-8-9-17-29(23)33-30(24)20-22/h1-20H/i4D,5D,6D,7D,8D,9D,12D,13D,14D,15D,16D,17D,18D,19D,20D. The summed E-state index contributed by atoms with van der Waals surface area (Å²) in [5, 5.41) is -1.22. The molecule has 0 aliphatic rings. The van der Waals surface area contributed by atoms with E-state index in [0.29, 0.717) is 5.56 Å². The van der Waals surface area contributed by atoms with Gasteiger partial charge in [0, 0.05) is 10.8 Å². The van der Waals surface area contributed by atoms with Gasteiger partial charge in [-0.25, -0.2) is 0 Å². The van der Waals surface area contributed by atoms with Gasteiger partial charge in [-0.3, -0.25) is 0 Å². The minimum atomic E-state index is -0.683. The number of benzene rings is 6. The third-order valence-corrected chi connectivity index (χ3v) is 5.57. The Morgan fingerprint density at radius 1 is 0.455 bits per heavy atom. The van der Waals surface area contributed by atoms with Gasteiger partial charge >= 0.3 is 0 Å². The van der Waals surface area contributed by atoms with Crippen molar-refractivity contribution in [2.75, 3.05) is 0 Å². The molecule has 33 heavy (non-hydrogen) atoms. The summed E-state index contributed by atoms with van der Waals surface area (Å²) in [7, 11) is 0. The molecule has 1 heterocycles. The van der Waals surface area contributed by atoms with Crippen molar-refractivity contribution in [1.29, 1.82) is 0 Å². The van der Waals surface area contributed by atoms with E-state index < -0.39 is 102 Å². The van der Waals surface area contributed by atoms with Crippen LogP contribution >= 0.6 is 0 Å². The highest BCUT2D eigenvalue weighted by Gasteiger charge is 2.17. The minimum Gasteiger partial charge on any atom is -0.456 e. The van der Waals surface area contributed by atoms with E-state index in [2.05, 4.69) is 0 Å². The second kappa shape index (κ2) is 7.08. The van der Waals surface area contributed by atoms with Crippen LogP contribution in [0.25, 0.3) is 65.7 Å². The number of fused-ring (bicyclic) bond motifs is 5. The van der Waals surface area contributed by atoms with E-state index in [1.165, 1.54) is 0 Å². The van der Waals surface area contributed by atoms with Gasteiger partial charge in [-0.15, -0.1) is 0 Å². The van der Waals surface area contributed by atoms with Crippen LogP contribution in [-0.2, 0) is 0 Å². The maximum atomic E-state index is 9.31. The van der Waals surface area contributed by atoms with Gasteiger partial charge in [-0.05, 0) is 61.9 Å². The maximum Gasteiger partial charge on any atom is 0.136 e.